The van der Waals surface area contributed by atoms with Crippen molar-refractivity contribution in [2.75, 3.05) is 4.90 Å². The van der Waals surface area contributed by atoms with Gasteiger partial charge in [0.25, 0.3) is 0 Å². The van der Waals surface area contributed by atoms with E-state index in [1.54, 1.807) is 0 Å². The lowest BCUT2D eigenvalue weighted by molar-refractivity contribution is 0.750. The van der Waals surface area contributed by atoms with E-state index in [0.29, 0.717) is 5.92 Å². The van der Waals surface area contributed by atoms with Gasteiger partial charge in [0.1, 0.15) is 0 Å². The maximum Gasteiger partial charge on any atom is 0.0726 e. The molecule has 10 aromatic carbocycles. The summed E-state index contributed by atoms with van der Waals surface area (Å²) in [6.07, 6.45) is 5.92. The fourth-order valence-corrected chi connectivity index (χ4v) is 12.1. The first-order chi connectivity index (χ1) is 31.1. The molecule has 0 bridgehead atoms. The molecule has 0 saturated heterocycles. The molecule has 0 heterocycles. The molecule has 0 fully saturated rings. The highest BCUT2D eigenvalue weighted by Crippen LogP contribution is 2.63. The van der Waals surface area contributed by atoms with E-state index in [1.807, 2.05) is 0 Å². The van der Waals surface area contributed by atoms with Crippen LogP contribution in [0.15, 0.2) is 218 Å². The number of anilines is 2. The zero-order valence-corrected chi connectivity index (χ0v) is 34.9. The van der Waals surface area contributed by atoms with Crippen LogP contribution in [0.4, 0.5) is 11.4 Å². The molecule has 294 valence electrons. The van der Waals surface area contributed by atoms with Crippen molar-refractivity contribution < 1.29 is 0 Å². The molecule has 10 aromatic rings. The largest absolute Gasteiger partial charge is 0.311 e. The van der Waals surface area contributed by atoms with Gasteiger partial charge in [-0.15, -0.1) is 0 Å². The van der Waals surface area contributed by atoms with Crippen LogP contribution in [0.1, 0.15) is 41.2 Å². The molecule has 0 saturated carbocycles. The van der Waals surface area contributed by atoms with Gasteiger partial charge >= 0.3 is 0 Å². The molecule has 4 aliphatic carbocycles. The molecule has 1 nitrogen and oxygen atoms in total. The summed E-state index contributed by atoms with van der Waals surface area (Å²) in [5.41, 5.74) is 21.7. The number of hydrogen-bond acceptors (Lipinski definition) is 1. The van der Waals surface area contributed by atoms with Gasteiger partial charge in [-0.2, -0.15) is 0 Å². The third-order valence-corrected chi connectivity index (χ3v) is 14.8. The first kappa shape index (κ1) is 34.9. The van der Waals surface area contributed by atoms with Crippen molar-refractivity contribution in [2.24, 2.45) is 5.92 Å². The minimum Gasteiger partial charge on any atom is -0.311 e. The quantitative estimate of drug-likeness (QED) is 0.160. The predicted octanol–water partition coefficient (Wildman–Crippen LogP) is 16.3. The van der Waals surface area contributed by atoms with Gasteiger partial charge in [0.15, 0.2) is 0 Å². The lowest BCUT2D eigenvalue weighted by Crippen LogP contribution is -2.26. The number of fused-ring (bicyclic) bond motifs is 16. The molecular formula is C62H41N. The molecule has 1 unspecified atom stereocenters. The monoisotopic (exact) mass is 799 g/mol. The summed E-state index contributed by atoms with van der Waals surface area (Å²) in [6.45, 7) is 2.38. The van der Waals surface area contributed by atoms with E-state index in [4.69, 9.17) is 0 Å². The van der Waals surface area contributed by atoms with Crippen molar-refractivity contribution in [2.45, 2.75) is 18.8 Å². The van der Waals surface area contributed by atoms with E-state index in [1.165, 1.54) is 122 Å². The van der Waals surface area contributed by atoms with Gasteiger partial charge in [0.2, 0.25) is 0 Å². The van der Waals surface area contributed by atoms with Crippen LogP contribution in [0.3, 0.4) is 0 Å². The lowest BCUT2D eigenvalue weighted by Gasteiger charge is -2.34. The molecule has 0 amide bonds. The Morgan fingerprint density at radius 3 is 1.75 bits per heavy atom. The third kappa shape index (κ3) is 4.72. The number of nitrogens with zero attached hydrogens (tertiary/aromatic N) is 1. The average molecular weight is 800 g/mol. The summed E-state index contributed by atoms with van der Waals surface area (Å²) in [6, 6.07) is 75.7. The molecule has 0 radical (unpaired) electrons. The van der Waals surface area contributed by atoms with Gasteiger partial charge in [-0.25, -0.2) is 0 Å². The molecule has 1 heteroatoms. The number of benzene rings is 10. The van der Waals surface area contributed by atoms with Crippen molar-refractivity contribution in [1.82, 2.24) is 0 Å². The van der Waals surface area contributed by atoms with E-state index in [9.17, 15) is 0 Å². The molecule has 0 N–H and O–H groups in total. The van der Waals surface area contributed by atoms with E-state index in [2.05, 4.69) is 224 Å². The Kier molecular flexibility index (Phi) is 7.15. The van der Waals surface area contributed by atoms with Gasteiger partial charge in [-0.3, -0.25) is 0 Å². The summed E-state index contributed by atoms with van der Waals surface area (Å²) in [7, 11) is 0. The minimum atomic E-state index is -0.433. The summed E-state index contributed by atoms with van der Waals surface area (Å²) >= 11 is 0. The summed E-state index contributed by atoms with van der Waals surface area (Å²) in [5, 5.41) is 7.77. The maximum atomic E-state index is 2.56. The first-order valence-electron chi connectivity index (χ1n) is 22.4. The van der Waals surface area contributed by atoms with Gasteiger partial charge in [-0.05, 0) is 159 Å². The predicted molar refractivity (Wildman–Crippen MR) is 265 cm³/mol. The van der Waals surface area contributed by atoms with Crippen LogP contribution in [0.5, 0.6) is 0 Å². The van der Waals surface area contributed by atoms with E-state index in [-0.39, 0.29) is 0 Å². The fraction of sp³-hybridized carbons (Fsp3) is 0.0645. The van der Waals surface area contributed by atoms with Crippen LogP contribution in [0, 0.1) is 5.92 Å². The number of rotatable bonds is 4. The van der Waals surface area contributed by atoms with Gasteiger partial charge in [0.05, 0.1) is 5.41 Å². The molecule has 0 aromatic heterocycles. The molecule has 1 atom stereocenters. The standard InChI is InChI=1S/C62H41N/c1-38-25-29-43(35-55(38)41-28-31-47-40(33-41)27-26-39-13-2-3-15-46(39)47)63(45-34-42-14-12-21-54-48-16-4-5-17-49(48)56(36-45)61(42)54)44-30-32-53-52-20-8-11-24-59(52)62(60(53)37-44)57-22-9-6-18-50(57)51-19-7-10-23-58(51)62/h2-24,26-38H,25H2,1H3. The normalized spacial score (nSPS) is 15.8. The van der Waals surface area contributed by atoms with Crippen LogP contribution in [0.25, 0.3) is 82.4 Å². The second-order valence-electron chi connectivity index (χ2n) is 18.0. The minimum absolute atomic E-state index is 0.362. The Morgan fingerprint density at radius 2 is 1.00 bits per heavy atom. The second kappa shape index (κ2) is 12.9. The van der Waals surface area contributed by atoms with Crippen molar-refractivity contribution in [3.63, 3.8) is 0 Å². The van der Waals surface area contributed by atoms with Crippen LogP contribution in [0.2, 0.25) is 0 Å². The maximum absolute atomic E-state index is 2.56. The SMILES string of the molecule is CC1CC=C(N(c2ccc3c(c2)C2(c4ccccc4-c4ccccc42)c2ccccc2-3)c2cc3c4c(cccc4c2)-c2ccccc2-3)C=C1c1ccc2c(ccc3ccccc32)c1. The molecule has 4 aliphatic rings. The van der Waals surface area contributed by atoms with Gasteiger partial charge in [0, 0.05) is 17.1 Å². The zero-order chi connectivity index (χ0) is 41.4. The van der Waals surface area contributed by atoms with Crippen molar-refractivity contribution >= 4 is 49.3 Å². The van der Waals surface area contributed by atoms with Crippen molar-refractivity contribution in [1.29, 1.82) is 0 Å². The highest BCUT2D eigenvalue weighted by atomic mass is 15.1. The van der Waals surface area contributed by atoms with E-state index >= 15 is 0 Å². The van der Waals surface area contributed by atoms with Crippen LogP contribution in [-0.4, -0.2) is 0 Å². The topological polar surface area (TPSA) is 3.24 Å². The van der Waals surface area contributed by atoms with Crippen LogP contribution >= 0.6 is 0 Å². The van der Waals surface area contributed by atoms with E-state index in [0.717, 1.165) is 12.1 Å². The van der Waals surface area contributed by atoms with E-state index < -0.39 is 5.41 Å². The smallest absolute Gasteiger partial charge is 0.0726 e. The number of hydrogen-bond donors (Lipinski definition) is 0. The molecule has 1 spiro atoms. The van der Waals surface area contributed by atoms with Gasteiger partial charge < -0.3 is 4.90 Å². The Morgan fingerprint density at radius 1 is 0.413 bits per heavy atom. The highest BCUT2D eigenvalue weighted by molar-refractivity contribution is 6.16. The third-order valence-electron chi connectivity index (χ3n) is 14.8. The van der Waals surface area contributed by atoms with Crippen LogP contribution in [-0.2, 0) is 5.41 Å². The Bertz CT molecular complexity index is 3630. The van der Waals surface area contributed by atoms with Crippen molar-refractivity contribution in [3.05, 3.63) is 246 Å². The molecule has 0 aliphatic heterocycles. The zero-order valence-electron chi connectivity index (χ0n) is 34.9. The molecular weight excluding hydrogens is 759 g/mol. The Balaban J connectivity index is 1.01. The lowest BCUT2D eigenvalue weighted by atomic mass is 9.70. The summed E-state index contributed by atoms with van der Waals surface area (Å²) in [4.78, 5) is 2.56. The second-order valence-corrected chi connectivity index (χ2v) is 18.0. The Labute approximate surface area is 367 Å². The number of allylic oxidation sites excluding steroid dienone is 3. The average Bonchev–Trinajstić information content (AvgIpc) is 3.94. The highest BCUT2D eigenvalue weighted by Gasteiger charge is 2.51. The molecule has 63 heavy (non-hydrogen) atoms. The van der Waals surface area contributed by atoms with Crippen LogP contribution < -0.4 is 4.90 Å². The summed E-state index contributed by atoms with van der Waals surface area (Å²) < 4.78 is 0. The fourth-order valence-electron chi connectivity index (χ4n) is 12.1. The Hall–Kier alpha value is -7.74. The molecule has 14 rings (SSSR count). The summed E-state index contributed by atoms with van der Waals surface area (Å²) in [5.74, 6) is 0.362. The van der Waals surface area contributed by atoms with Gasteiger partial charge in [-0.1, -0.05) is 183 Å². The first-order valence-corrected chi connectivity index (χ1v) is 22.4. The van der Waals surface area contributed by atoms with Crippen molar-refractivity contribution in [3.8, 4) is 44.5 Å².